The third-order valence-electron chi connectivity index (χ3n) is 5.85. The molecule has 0 radical (unpaired) electrons. The van der Waals surface area contributed by atoms with Crippen molar-refractivity contribution < 1.29 is 24.6 Å². The molecular weight excluding hydrogens is 531 g/mol. The average molecular weight is 552 g/mol. The molecule has 2 aromatic carbocycles. The van der Waals surface area contributed by atoms with E-state index in [-0.39, 0.29) is 41.2 Å². The average Bonchev–Trinajstić information content (AvgIpc) is 3.31. The maximum atomic E-state index is 13.0. The van der Waals surface area contributed by atoms with Gasteiger partial charge >= 0.3 is 5.97 Å². The number of amides is 2. The van der Waals surface area contributed by atoms with Crippen molar-refractivity contribution in [3.05, 3.63) is 85.6 Å². The summed E-state index contributed by atoms with van der Waals surface area (Å²) in [5.74, 6) is -2.18. The number of hydrogen-bond acceptors (Lipinski definition) is 5. The van der Waals surface area contributed by atoms with Gasteiger partial charge in [-0.05, 0) is 47.9 Å². The molecule has 0 saturated heterocycles. The summed E-state index contributed by atoms with van der Waals surface area (Å²) in [4.78, 5) is 39.4. The number of carbonyl (C=O) groups is 3. The second-order valence-corrected chi connectivity index (χ2v) is 9.48. The number of halogens is 3. The molecule has 1 atom stereocenters. The van der Waals surface area contributed by atoms with Gasteiger partial charge in [-0.2, -0.15) is 5.10 Å². The van der Waals surface area contributed by atoms with Gasteiger partial charge in [0.2, 0.25) is 0 Å². The molecule has 3 aromatic rings. The number of hydrogen-bond donors (Lipinski definition) is 3. The van der Waals surface area contributed by atoms with Gasteiger partial charge in [-0.3, -0.25) is 14.3 Å². The highest BCUT2D eigenvalue weighted by molar-refractivity contribution is 6.40. The summed E-state index contributed by atoms with van der Waals surface area (Å²) in [6.07, 6.45) is 3.28. The third kappa shape index (κ3) is 5.49. The number of carbonyl (C=O) groups excluding carboxylic acids is 2. The molecule has 0 fully saturated rings. The topological polar surface area (TPSA) is 125 Å². The van der Waals surface area contributed by atoms with E-state index in [1.165, 1.54) is 17.1 Å². The van der Waals surface area contributed by atoms with Gasteiger partial charge in [0.05, 0.1) is 35.0 Å². The van der Waals surface area contributed by atoms with E-state index >= 15 is 0 Å². The molecule has 1 aromatic heterocycles. The Balaban J connectivity index is 1.53. The molecule has 188 valence electrons. The molecule has 0 aliphatic carbocycles. The van der Waals surface area contributed by atoms with Gasteiger partial charge in [-0.1, -0.05) is 34.8 Å². The quantitative estimate of drug-likeness (QED) is 0.413. The van der Waals surface area contributed by atoms with Crippen molar-refractivity contribution in [2.45, 2.75) is 32.2 Å². The zero-order valence-corrected chi connectivity index (χ0v) is 21.0. The van der Waals surface area contributed by atoms with Crippen molar-refractivity contribution in [1.82, 2.24) is 20.0 Å². The van der Waals surface area contributed by atoms with Crippen LogP contribution in [0, 0.1) is 0 Å². The minimum Gasteiger partial charge on any atom is -0.480 e. The lowest BCUT2D eigenvalue weighted by Gasteiger charge is -2.30. The van der Waals surface area contributed by atoms with Crippen molar-refractivity contribution in [2.24, 2.45) is 0 Å². The predicted molar refractivity (Wildman–Crippen MR) is 133 cm³/mol. The van der Waals surface area contributed by atoms with Crippen LogP contribution in [0.1, 0.15) is 37.4 Å². The van der Waals surface area contributed by atoms with Crippen LogP contribution in [-0.4, -0.2) is 55.3 Å². The first-order chi connectivity index (χ1) is 17.2. The molecule has 4 rings (SSSR count). The van der Waals surface area contributed by atoms with Crippen LogP contribution in [0.2, 0.25) is 15.1 Å². The van der Waals surface area contributed by atoms with Gasteiger partial charge in [-0.25, -0.2) is 4.79 Å². The summed E-state index contributed by atoms with van der Waals surface area (Å²) in [6.45, 7) is 0.222. The molecule has 1 aliphatic rings. The minimum atomic E-state index is -1.32. The second-order valence-electron chi connectivity index (χ2n) is 8.26. The summed E-state index contributed by atoms with van der Waals surface area (Å²) in [7, 11) is 0. The number of nitrogens with zero attached hydrogens (tertiary/aromatic N) is 3. The first-order valence-electron chi connectivity index (χ1n) is 10.9. The first-order valence-corrected chi connectivity index (χ1v) is 12.0. The van der Waals surface area contributed by atoms with Crippen LogP contribution < -0.4 is 5.32 Å². The van der Waals surface area contributed by atoms with Crippen molar-refractivity contribution in [1.29, 1.82) is 0 Å². The number of benzene rings is 2. The fourth-order valence-electron chi connectivity index (χ4n) is 4.00. The number of aliphatic hydroxyl groups is 1. The highest BCUT2D eigenvalue weighted by Crippen LogP contribution is 2.35. The molecule has 2 amide bonds. The Hall–Kier alpha value is -3.11. The van der Waals surface area contributed by atoms with Gasteiger partial charge < -0.3 is 20.4 Å². The van der Waals surface area contributed by atoms with E-state index in [0.29, 0.717) is 40.2 Å². The van der Waals surface area contributed by atoms with Crippen molar-refractivity contribution >= 4 is 52.6 Å². The van der Waals surface area contributed by atoms with Crippen molar-refractivity contribution in [2.75, 3.05) is 6.54 Å². The van der Waals surface area contributed by atoms with E-state index in [4.69, 9.17) is 39.9 Å². The predicted octanol–water partition coefficient (Wildman–Crippen LogP) is 3.42. The number of aromatic nitrogens is 2. The number of aliphatic hydroxyl groups excluding tert-OH is 1. The number of nitrogens with one attached hydrogen (secondary N) is 1. The zero-order valence-electron chi connectivity index (χ0n) is 18.7. The van der Waals surface area contributed by atoms with E-state index in [1.54, 1.807) is 35.2 Å². The smallest absolute Gasteiger partial charge is 0.328 e. The highest BCUT2D eigenvalue weighted by atomic mass is 35.5. The zero-order chi connectivity index (χ0) is 26.0. The van der Waals surface area contributed by atoms with Crippen LogP contribution in [0.4, 0.5) is 0 Å². The van der Waals surface area contributed by atoms with Crippen LogP contribution in [0.5, 0.6) is 0 Å². The van der Waals surface area contributed by atoms with Crippen LogP contribution in [-0.2, 0) is 30.9 Å². The van der Waals surface area contributed by atoms with Crippen molar-refractivity contribution in [3.63, 3.8) is 0 Å². The minimum absolute atomic E-state index is 0.0303. The second kappa shape index (κ2) is 10.9. The number of carboxylic acids is 1. The molecule has 9 nitrogen and oxygen atoms in total. The molecule has 0 saturated carbocycles. The lowest BCUT2D eigenvalue weighted by Crippen LogP contribution is -2.44. The molecule has 1 aliphatic heterocycles. The van der Waals surface area contributed by atoms with Gasteiger partial charge in [0.25, 0.3) is 11.8 Å². The Kier molecular flexibility index (Phi) is 7.85. The first kappa shape index (κ1) is 26.0. The van der Waals surface area contributed by atoms with Crippen LogP contribution in [0.25, 0.3) is 0 Å². The number of carboxylic acid groups (broad SMARTS) is 1. The molecule has 0 bridgehead atoms. The van der Waals surface area contributed by atoms with Gasteiger partial charge in [0.15, 0.2) is 0 Å². The summed E-state index contributed by atoms with van der Waals surface area (Å²) < 4.78 is 1.31. The largest absolute Gasteiger partial charge is 0.480 e. The number of fused-ring (bicyclic) bond motifs is 1. The monoisotopic (exact) mass is 550 g/mol. The maximum absolute atomic E-state index is 13.0. The van der Waals surface area contributed by atoms with E-state index < -0.39 is 17.9 Å². The standard InChI is InChI=1S/C24H21Cl3N4O5/c25-16-3-1-14(2-4-16)23(34)30-6-5-17-15(10-30)7-18(26)20(21(17)27)22(33)29-19(24(35)36)11-31-9-13(12-32)8-28-31/h1-4,7-9,19,32H,5-6,10-12H2,(H,29,33)(H,35,36)/t19-/m0/s1. The Morgan fingerprint density at radius 2 is 1.86 bits per heavy atom. The van der Waals surface area contributed by atoms with E-state index in [2.05, 4.69) is 10.4 Å². The summed E-state index contributed by atoms with van der Waals surface area (Å²) in [6, 6.07) is 6.86. The fraction of sp³-hybridized carbons (Fsp3) is 0.250. The summed E-state index contributed by atoms with van der Waals surface area (Å²) >= 11 is 18.9. The lowest BCUT2D eigenvalue weighted by atomic mass is 9.96. The number of aliphatic carboxylic acids is 1. The van der Waals surface area contributed by atoms with E-state index in [0.717, 1.165) is 0 Å². The molecule has 2 heterocycles. The van der Waals surface area contributed by atoms with E-state index in [9.17, 15) is 19.5 Å². The molecule has 0 spiro atoms. The lowest BCUT2D eigenvalue weighted by molar-refractivity contribution is -0.139. The van der Waals surface area contributed by atoms with Crippen LogP contribution in [0.15, 0.2) is 42.7 Å². The van der Waals surface area contributed by atoms with Crippen molar-refractivity contribution in [3.8, 4) is 0 Å². The molecule has 36 heavy (non-hydrogen) atoms. The fourth-order valence-corrected chi connectivity index (χ4v) is 4.89. The molecule has 12 heteroatoms. The van der Waals surface area contributed by atoms with Gasteiger partial charge in [-0.15, -0.1) is 0 Å². The third-order valence-corrected chi connectivity index (χ3v) is 6.82. The Morgan fingerprint density at radius 3 is 2.50 bits per heavy atom. The van der Waals surface area contributed by atoms with E-state index in [1.807, 2.05) is 0 Å². The van der Waals surface area contributed by atoms with Crippen LogP contribution in [0.3, 0.4) is 0 Å². The molecule has 3 N–H and O–H groups in total. The SMILES string of the molecule is O=C(N[C@@H](Cn1cc(CO)cn1)C(=O)O)c1c(Cl)cc2c(c1Cl)CCN(C(=O)c1ccc(Cl)cc1)C2. The van der Waals surface area contributed by atoms with Gasteiger partial charge in [0, 0.05) is 35.4 Å². The molecule has 0 unspecified atom stereocenters. The normalized spacial score (nSPS) is 13.7. The Bertz CT molecular complexity index is 1330. The van der Waals surface area contributed by atoms with Gasteiger partial charge in [0.1, 0.15) is 6.04 Å². The highest BCUT2D eigenvalue weighted by Gasteiger charge is 2.29. The Morgan fingerprint density at radius 1 is 1.14 bits per heavy atom. The summed E-state index contributed by atoms with van der Waals surface area (Å²) in [5, 5.41) is 25.9. The summed E-state index contributed by atoms with van der Waals surface area (Å²) in [5.41, 5.74) is 2.36. The Labute approximate surface area is 221 Å². The molecular formula is C24H21Cl3N4O5. The number of rotatable bonds is 7. The van der Waals surface area contributed by atoms with Crippen LogP contribution >= 0.6 is 34.8 Å². The maximum Gasteiger partial charge on any atom is 0.328 e.